The molecule has 0 radical (unpaired) electrons. The Balaban J connectivity index is 1.22. The van der Waals surface area contributed by atoms with Crippen LogP contribution in [0, 0.1) is 13.8 Å². The third-order valence-corrected chi connectivity index (χ3v) is 7.24. The molecule has 1 aromatic carbocycles. The summed E-state index contributed by atoms with van der Waals surface area (Å²) in [5.74, 6) is 0.328. The highest BCUT2D eigenvalue weighted by molar-refractivity contribution is 5.78. The topological polar surface area (TPSA) is 30.0 Å². The van der Waals surface area contributed by atoms with Gasteiger partial charge in [-0.15, -0.1) is 0 Å². The minimum Gasteiger partial charge on any atom is -0.369 e. The maximum Gasteiger partial charge on any atom is 0.236 e. The average Bonchev–Trinajstić information content (AvgIpc) is 2.75. The Morgan fingerprint density at radius 2 is 1.48 bits per heavy atom. The number of carbonyl (C=O) groups excluding carboxylic acids is 1. The molecule has 1 amide bonds. The van der Waals surface area contributed by atoms with Crippen LogP contribution in [0.1, 0.15) is 43.2 Å². The summed E-state index contributed by atoms with van der Waals surface area (Å²) in [4.78, 5) is 22.5. The van der Waals surface area contributed by atoms with Crippen molar-refractivity contribution >= 4 is 11.6 Å². The summed E-state index contributed by atoms with van der Waals surface area (Å²) in [5.41, 5.74) is 4.09. The van der Waals surface area contributed by atoms with E-state index in [4.69, 9.17) is 0 Å². The Hall–Kier alpha value is -1.59. The van der Waals surface area contributed by atoms with Crippen molar-refractivity contribution in [2.24, 2.45) is 0 Å². The summed E-state index contributed by atoms with van der Waals surface area (Å²) in [6.45, 7) is 12.9. The van der Waals surface area contributed by atoms with Gasteiger partial charge in [0.1, 0.15) is 0 Å². The third kappa shape index (κ3) is 4.95. The van der Waals surface area contributed by atoms with Crippen molar-refractivity contribution in [3.63, 3.8) is 0 Å². The van der Waals surface area contributed by atoms with Crippen molar-refractivity contribution in [1.82, 2.24) is 14.7 Å². The summed E-state index contributed by atoms with van der Waals surface area (Å²) >= 11 is 0. The fraction of sp³-hybridized carbons (Fsp3) is 0.708. The summed E-state index contributed by atoms with van der Waals surface area (Å²) < 4.78 is 0. The molecule has 2 aliphatic heterocycles. The van der Waals surface area contributed by atoms with E-state index in [1.165, 1.54) is 48.9 Å². The Morgan fingerprint density at radius 3 is 2.10 bits per heavy atom. The molecule has 1 saturated carbocycles. The van der Waals surface area contributed by atoms with Gasteiger partial charge in [0.25, 0.3) is 0 Å². The Labute approximate surface area is 176 Å². The van der Waals surface area contributed by atoms with E-state index >= 15 is 0 Å². The first-order chi connectivity index (χ1) is 14.1. The highest BCUT2D eigenvalue weighted by atomic mass is 16.2. The molecule has 2 saturated heterocycles. The van der Waals surface area contributed by atoms with Gasteiger partial charge in [-0.3, -0.25) is 14.6 Å². The van der Waals surface area contributed by atoms with Crippen LogP contribution in [0.15, 0.2) is 18.2 Å². The molecule has 0 bridgehead atoms. The second kappa shape index (κ2) is 9.48. The standard InChI is InChI=1S/C24H38N4O/c1-20-7-6-8-21(2)24(20)28-13-11-25(12-14-28)19-23(29)27-17-15-26(16-18-27)22-9-4-3-5-10-22/h6-8,22H,3-5,9-19H2,1-2H3. The van der Waals surface area contributed by atoms with E-state index in [-0.39, 0.29) is 0 Å². The van der Waals surface area contributed by atoms with E-state index in [9.17, 15) is 4.79 Å². The van der Waals surface area contributed by atoms with Gasteiger partial charge in [-0.1, -0.05) is 37.5 Å². The summed E-state index contributed by atoms with van der Waals surface area (Å²) in [5, 5.41) is 0. The number of amides is 1. The second-order valence-electron chi connectivity index (χ2n) is 9.21. The summed E-state index contributed by atoms with van der Waals surface area (Å²) in [7, 11) is 0. The van der Waals surface area contributed by atoms with Crippen molar-refractivity contribution in [2.75, 3.05) is 63.8 Å². The van der Waals surface area contributed by atoms with Crippen molar-refractivity contribution in [3.8, 4) is 0 Å². The van der Waals surface area contributed by atoms with Crippen LogP contribution < -0.4 is 4.90 Å². The smallest absolute Gasteiger partial charge is 0.236 e. The number of anilines is 1. The quantitative estimate of drug-likeness (QED) is 0.780. The Kier molecular flexibility index (Phi) is 6.76. The van der Waals surface area contributed by atoms with Crippen LogP contribution in [0.2, 0.25) is 0 Å². The van der Waals surface area contributed by atoms with Gasteiger partial charge in [0.05, 0.1) is 6.54 Å². The van der Waals surface area contributed by atoms with Crippen LogP contribution in [-0.4, -0.2) is 85.6 Å². The molecule has 0 atom stereocenters. The molecule has 29 heavy (non-hydrogen) atoms. The number of para-hydroxylation sites is 1. The van der Waals surface area contributed by atoms with Crippen molar-refractivity contribution < 1.29 is 4.79 Å². The van der Waals surface area contributed by atoms with E-state index in [0.29, 0.717) is 12.5 Å². The van der Waals surface area contributed by atoms with Crippen LogP contribution in [0.5, 0.6) is 0 Å². The maximum absolute atomic E-state index is 12.9. The van der Waals surface area contributed by atoms with Gasteiger partial charge in [0.15, 0.2) is 0 Å². The molecule has 5 heteroatoms. The van der Waals surface area contributed by atoms with E-state index in [1.807, 2.05) is 0 Å². The normalized spacial score (nSPS) is 22.8. The second-order valence-corrected chi connectivity index (χ2v) is 9.21. The molecule has 3 aliphatic rings. The largest absolute Gasteiger partial charge is 0.369 e. The fourth-order valence-electron chi connectivity index (χ4n) is 5.51. The van der Waals surface area contributed by atoms with E-state index < -0.39 is 0 Å². The zero-order valence-corrected chi connectivity index (χ0v) is 18.4. The molecule has 160 valence electrons. The van der Waals surface area contributed by atoms with Crippen LogP contribution in [-0.2, 0) is 4.79 Å². The summed E-state index contributed by atoms with van der Waals surface area (Å²) in [6.07, 6.45) is 6.90. The van der Waals surface area contributed by atoms with Crippen LogP contribution in [0.4, 0.5) is 5.69 Å². The lowest BCUT2D eigenvalue weighted by atomic mass is 9.94. The zero-order valence-electron chi connectivity index (χ0n) is 18.4. The number of aryl methyl sites for hydroxylation is 2. The first kappa shape index (κ1) is 20.7. The third-order valence-electron chi connectivity index (χ3n) is 7.24. The number of nitrogens with zero attached hydrogens (tertiary/aromatic N) is 4. The number of hydrogen-bond donors (Lipinski definition) is 0. The van der Waals surface area contributed by atoms with E-state index in [0.717, 1.165) is 58.4 Å². The molecular formula is C24H38N4O. The minimum atomic E-state index is 0.328. The molecule has 1 aliphatic carbocycles. The molecule has 0 spiro atoms. The SMILES string of the molecule is Cc1cccc(C)c1N1CCN(CC(=O)N2CCN(C3CCCCC3)CC2)CC1. The molecule has 2 heterocycles. The van der Waals surface area contributed by atoms with E-state index in [1.54, 1.807) is 0 Å². The number of piperazine rings is 2. The monoisotopic (exact) mass is 398 g/mol. The lowest BCUT2D eigenvalue weighted by molar-refractivity contribution is -0.134. The highest BCUT2D eigenvalue weighted by Gasteiger charge is 2.28. The zero-order chi connectivity index (χ0) is 20.2. The lowest BCUT2D eigenvalue weighted by Gasteiger charge is -2.42. The Morgan fingerprint density at radius 1 is 0.862 bits per heavy atom. The molecule has 0 N–H and O–H groups in total. The number of carbonyl (C=O) groups is 1. The average molecular weight is 399 g/mol. The predicted octanol–water partition coefficient (Wildman–Crippen LogP) is 2.90. The first-order valence-corrected chi connectivity index (χ1v) is 11.7. The minimum absolute atomic E-state index is 0.328. The molecule has 4 rings (SSSR count). The van der Waals surface area contributed by atoms with Gasteiger partial charge in [-0.25, -0.2) is 0 Å². The molecule has 1 aromatic rings. The number of rotatable bonds is 4. The van der Waals surface area contributed by atoms with Crippen molar-refractivity contribution in [3.05, 3.63) is 29.3 Å². The molecule has 0 unspecified atom stereocenters. The van der Waals surface area contributed by atoms with Crippen LogP contribution in [0.25, 0.3) is 0 Å². The predicted molar refractivity (Wildman–Crippen MR) is 120 cm³/mol. The first-order valence-electron chi connectivity index (χ1n) is 11.7. The van der Waals surface area contributed by atoms with Crippen LogP contribution >= 0.6 is 0 Å². The van der Waals surface area contributed by atoms with Gasteiger partial charge in [-0.05, 0) is 37.8 Å². The fourth-order valence-corrected chi connectivity index (χ4v) is 5.51. The number of hydrogen-bond acceptors (Lipinski definition) is 4. The van der Waals surface area contributed by atoms with Gasteiger partial charge in [0, 0.05) is 64.1 Å². The highest BCUT2D eigenvalue weighted by Crippen LogP contribution is 2.26. The van der Waals surface area contributed by atoms with Crippen molar-refractivity contribution in [1.29, 1.82) is 0 Å². The van der Waals surface area contributed by atoms with E-state index in [2.05, 4.69) is 51.6 Å². The van der Waals surface area contributed by atoms with Gasteiger partial charge < -0.3 is 9.80 Å². The Bertz CT molecular complexity index is 664. The number of benzene rings is 1. The molecule has 0 aromatic heterocycles. The molecular weight excluding hydrogens is 360 g/mol. The lowest BCUT2D eigenvalue weighted by Crippen LogP contribution is -2.55. The maximum atomic E-state index is 12.9. The summed E-state index contributed by atoms with van der Waals surface area (Å²) in [6, 6.07) is 7.31. The van der Waals surface area contributed by atoms with Gasteiger partial charge in [-0.2, -0.15) is 0 Å². The molecule has 5 nitrogen and oxygen atoms in total. The molecule has 3 fully saturated rings. The van der Waals surface area contributed by atoms with Gasteiger partial charge in [0.2, 0.25) is 5.91 Å². The van der Waals surface area contributed by atoms with Crippen molar-refractivity contribution in [2.45, 2.75) is 52.0 Å². The van der Waals surface area contributed by atoms with Gasteiger partial charge >= 0.3 is 0 Å². The van der Waals surface area contributed by atoms with Crippen LogP contribution in [0.3, 0.4) is 0 Å².